The Morgan fingerprint density at radius 2 is 1.96 bits per heavy atom. The Kier molecular flexibility index (Phi) is 6.21. The molecule has 26 heavy (non-hydrogen) atoms. The van der Waals surface area contributed by atoms with Crippen molar-refractivity contribution in [1.29, 1.82) is 5.26 Å². The monoisotopic (exact) mass is 428 g/mol. The van der Waals surface area contributed by atoms with Crippen molar-refractivity contribution in [3.63, 3.8) is 0 Å². The summed E-state index contributed by atoms with van der Waals surface area (Å²) in [6, 6.07) is 8.63. The lowest BCUT2D eigenvalue weighted by molar-refractivity contribution is -0.145. The van der Waals surface area contributed by atoms with Gasteiger partial charge in [0, 0.05) is 10.0 Å². The number of hydrogen-bond donors (Lipinski definition) is 0. The third-order valence-electron chi connectivity index (χ3n) is 3.18. The van der Waals surface area contributed by atoms with Gasteiger partial charge in [-0.2, -0.15) is 18.4 Å². The molecule has 0 amide bonds. The van der Waals surface area contributed by atoms with Gasteiger partial charge in [0.25, 0.3) is 0 Å². The highest BCUT2D eigenvalue weighted by molar-refractivity contribution is 9.10. The Morgan fingerprint density at radius 3 is 2.50 bits per heavy atom. The molecule has 0 spiro atoms. The van der Waals surface area contributed by atoms with E-state index < -0.39 is 35.8 Å². The molecule has 2 aromatic rings. The third kappa shape index (κ3) is 4.73. The molecular weight excluding hydrogens is 417 g/mol. The molecule has 0 aliphatic carbocycles. The molecule has 2 rings (SSSR count). The Balaban J connectivity index is 2.53. The number of ether oxygens (including phenoxy) is 2. The van der Waals surface area contributed by atoms with Gasteiger partial charge in [0.15, 0.2) is 6.61 Å². The first-order valence-electron chi connectivity index (χ1n) is 7.33. The predicted molar refractivity (Wildman–Crippen MR) is 89.2 cm³/mol. The molecule has 0 aliphatic rings. The van der Waals surface area contributed by atoms with Crippen molar-refractivity contribution in [2.75, 3.05) is 13.2 Å². The smallest absolute Gasteiger partial charge is 0.417 e. The summed E-state index contributed by atoms with van der Waals surface area (Å²) in [4.78, 5) is 15.4. The van der Waals surface area contributed by atoms with E-state index in [0.29, 0.717) is 5.56 Å². The van der Waals surface area contributed by atoms with Crippen LogP contribution in [-0.2, 0) is 15.7 Å². The van der Waals surface area contributed by atoms with E-state index in [9.17, 15) is 18.0 Å². The number of alkyl halides is 3. The van der Waals surface area contributed by atoms with Gasteiger partial charge in [0.05, 0.1) is 17.9 Å². The van der Waals surface area contributed by atoms with Crippen molar-refractivity contribution in [1.82, 2.24) is 4.98 Å². The molecule has 136 valence electrons. The van der Waals surface area contributed by atoms with Crippen molar-refractivity contribution in [2.24, 2.45) is 0 Å². The summed E-state index contributed by atoms with van der Waals surface area (Å²) in [7, 11) is 0. The molecule has 0 bridgehead atoms. The molecule has 0 atom stereocenters. The van der Waals surface area contributed by atoms with Gasteiger partial charge in [0.1, 0.15) is 11.6 Å². The first-order chi connectivity index (χ1) is 12.3. The van der Waals surface area contributed by atoms with Crippen LogP contribution in [0.5, 0.6) is 5.88 Å². The van der Waals surface area contributed by atoms with Crippen LogP contribution in [0.1, 0.15) is 18.1 Å². The van der Waals surface area contributed by atoms with Crippen LogP contribution in [0.15, 0.2) is 34.8 Å². The molecular formula is C17H12BrF3N2O3. The van der Waals surface area contributed by atoms with Crippen LogP contribution >= 0.6 is 15.9 Å². The fraction of sp³-hybridized carbons (Fsp3) is 0.235. The molecule has 0 saturated heterocycles. The lowest BCUT2D eigenvalue weighted by atomic mass is 10.0. The first-order valence-corrected chi connectivity index (χ1v) is 8.12. The zero-order valence-electron chi connectivity index (χ0n) is 13.4. The number of esters is 1. The normalized spacial score (nSPS) is 10.9. The topological polar surface area (TPSA) is 72.2 Å². The van der Waals surface area contributed by atoms with E-state index in [1.807, 2.05) is 0 Å². The van der Waals surface area contributed by atoms with E-state index in [4.69, 9.17) is 10.00 Å². The fourth-order valence-corrected chi connectivity index (χ4v) is 2.32. The lowest BCUT2D eigenvalue weighted by Crippen LogP contribution is -2.17. The second-order valence-corrected chi connectivity index (χ2v) is 5.86. The summed E-state index contributed by atoms with van der Waals surface area (Å²) in [5.41, 5.74) is -1.62. The summed E-state index contributed by atoms with van der Waals surface area (Å²) >= 11 is 3.24. The third-order valence-corrected chi connectivity index (χ3v) is 3.70. The maximum absolute atomic E-state index is 13.4. The van der Waals surface area contributed by atoms with Gasteiger partial charge in [-0.25, -0.2) is 9.78 Å². The second kappa shape index (κ2) is 8.19. The number of nitriles is 1. The number of aromatic nitrogens is 1. The summed E-state index contributed by atoms with van der Waals surface area (Å²) in [6.45, 7) is 1.01. The Labute approximate surface area is 155 Å². The number of hydrogen-bond acceptors (Lipinski definition) is 5. The van der Waals surface area contributed by atoms with E-state index in [-0.39, 0.29) is 12.3 Å². The summed E-state index contributed by atoms with van der Waals surface area (Å²) < 4.78 is 50.5. The zero-order chi connectivity index (χ0) is 19.3. The Bertz CT molecular complexity index is 846. The van der Waals surface area contributed by atoms with Crippen LogP contribution < -0.4 is 4.74 Å². The number of pyridine rings is 1. The van der Waals surface area contributed by atoms with E-state index in [1.165, 1.54) is 6.07 Å². The van der Waals surface area contributed by atoms with Crippen LogP contribution in [0.2, 0.25) is 0 Å². The molecule has 0 unspecified atom stereocenters. The van der Waals surface area contributed by atoms with Crippen molar-refractivity contribution >= 4 is 21.9 Å². The molecule has 0 aliphatic heterocycles. The molecule has 9 heteroatoms. The van der Waals surface area contributed by atoms with Gasteiger partial charge in [-0.1, -0.05) is 28.1 Å². The standard InChI is InChI=1S/C17H12BrF3N2O3/c1-2-25-15(24)9-26-16-12(8-22)13(17(19,20)21)7-14(23-16)10-3-5-11(18)6-4-10/h3-7H,2,9H2,1H3. The van der Waals surface area contributed by atoms with Gasteiger partial charge in [-0.3, -0.25) is 0 Å². The Hall–Kier alpha value is -2.60. The van der Waals surface area contributed by atoms with Gasteiger partial charge in [-0.15, -0.1) is 0 Å². The molecule has 1 aromatic carbocycles. The molecule has 1 heterocycles. The predicted octanol–water partition coefficient (Wildman–Crippen LogP) is 4.34. The minimum absolute atomic E-state index is 0.0392. The SMILES string of the molecule is CCOC(=O)COc1nc(-c2ccc(Br)cc2)cc(C(F)(F)F)c1C#N. The van der Waals surface area contributed by atoms with E-state index >= 15 is 0 Å². The molecule has 0 fully saturated rings. The molecule has 0 radical (unpaired) electrons. The van der Waals surface area contributed by atoms with E-state index in [2.05, 4.69) is 25.7 Å². The first kappa shape index (κ1) is 19.7. The van der Waals surface area contributed by atoms with Crippen LogP contribution in [0, 0.1) is 11.3 Å². The lowest BCUT2D eigenvalue weighted by Gasteiger charge is -2.14. The summed E-state index contributed by atoms with van der Waals surface area (Å²) in [5.74, 6) is -1.35. The van der Waals surface area contributed by atoms with Crippen LogP contribution in [-0.4, -0.2) is 24.2 Å². The second-order valence-electron chi connectivity index (χ2n) is 4.95. The van der Waals surface area contributed by atoms with Crippen molar-refractivity contribution in [3.05, 3.63) is 45.9 Å². The largest absolute Gasteiger partial charge is 0.465 e. The van der Waals surface area contributed by atoms with Crippen LogP contribution in [0.3, 0.4) is 0 Å². The number of benzene rings is 1. The maximum Gasteiger partial charge on any atom is 0.417 e. The van der Waals surface area contributed by atoms with E-state index in [0.717, 1.165) is 10.5 Å². The van der Waals surface area contributed by atoms with Crippen LogP contribution in [0.4, 0.5) is 13.2 Å². The number of halogens is 4. The van der Waals surface area contributed by atoms with Gasteiger partial charge < -0.3 is 9.47 Å². The number of rotatable bonds is 5. The quantitative estimate of drug-likeness (QED) is 0.662. The molecule has 5 nitrogen and oxygen atoms in total. The van der Waals surface area contributed by atoms with Crippen LogP contribution in [0.25, 0.3) is 11.3 Å². The average Bonchev–Trinajstić information content (AvgIpc) is 2.59. The number of nitrogens with zero attached hydrogens (tertiary/aromatic N) is 2. The minimum Gasteiger partial charge on any atom is -0.465 e. The van der Waals surface area contributed by atoms with Crippen molar-refractivity contribution in [3.8, 4) is 23.2 Å². The van der Waals surface area contributed by atoms with Gasteiger partial charge >= 0.3 is 12.1 Å². The molecule has 0 saturated carbocycles. The van der Waals surface area contributed by atoms with E-state index in [1.54, 1.807) is 31.2 Å². The summed E-state index contributed by atoms with van der Waals surface area (Å²) in [6.07, 6.45) is -4.79. The van der Waals surface area contributed by atoms with Crippen molar-refractivity contribution < 1.29 is 27.4 Å². The maximum atomic E-state index is 13.4. The van der Waals surface area contributed by atoms with Gasteiger partial charge in [-0.05, 0) is 25.1 Å². The highest BCUT2D eigenvalue weighted by Gasteiger charge is 2.36. The highest BCUT2D eigenvalue weighted by Crippen LogP contribution is 2.37. The minimum atomic E-state index is -4.79. The fourth-order valence-electron chi connectivity index (χ4n) is 2.06. The van der Waals surface area contributed by atoms with Crippen molar-refractivity contribution in [2.45, 2.75) is 13.1 Å². The Morgan fingerprint density at radius 1 is 1.31 bits per heavy atom. The summed E-state index contributed by atoms with van der Waals surface area (Å²) in [5, 5.41) is 9.14. The zero-order valence-corrected chi connectivity index (χ0v) is 15.0. The number of carbonyl (C=O) groups excluding carboxylic acids is 1. The highest BCUT2D eigenvalue weighted by atomic mass is 79.9. The molecule has 1 aromatic heterocycles. The van der Waals surface area contributed by atoms with Gasteiger partial charge in [0.2, 0.25) is 5.88 Å². The molecule has 0 N–H and O–H groups in total. The average molecular weight is 429 g/mol. The number of carbonyl (C=O) groups is 1.